The van der Waals surface area contributed by atoms with Crippen LogP contribution < -0.4 is 15.4 Å². The van der Waals surface area contributed by atoms with Crippen molar-refractivity contribution in [3.63, 3.8) is 0 Å². The highest BCUT2D eigenvalue weighted by Gasteiger charge is 2.10. The Morgan fingerprint density at radius 2 is 2.05 bits per heavy atom. The van der Waals surface area contributed by atoms with Gasteiger partial charge in [0, 0.05) is 10.7 Å². The molecule has 2 aromatic rings. The number of benzene rings is 2. The van der Waals surface area contributed by atoms with Crippen LogP contribution in [0, 0.1) is 0 Å². The Morgan fingerprint density at radius 1 is 1.27 bits per heavy atom. The van der Waals surface area contributed by atoms with Gasteiger partial charge in [0.1, 0.15) is 5.75 Å². The van der Waals surface area contributed by atoms with Crippen molar-refractivity contribution in [2.45, 2.75) is 13.0 Å². The van der Waals surface area contributed by atoms with Gasteiger partial charge >= 0.3 is 6.03 Å². The second kappa shape index (κ2) is 7.51. The molecule has 0 radical (unpaired) electrons. The van der Waals surface area contributed by atoms with Crippen LogP contribution in [0.3, 0.4) is 0 Å². The van der Waals surface area contributed by atoms with E-state index in [9.17, 15) is 4.79 Å². The number of carbonyl (C=O) groups is 1. The van der Waals surface area contributed by atoms with Crippen molar-refractivity contribution in [3.05, 3.63) is 57.5 Å². The Balaban J connectivity index is 1.99. The maximum Gasteiger partial charge on any atom is 0.319 e. The van der Waals surface area contributed by atoms with Crippen molar-refractivity contribution in [1.29, 1.82) is 0 Å². The third-order valence-electron chi connectivity index (χ3n) is 3.11. The molecular weight excluding hydrogens is 368 g/mol. The van der Waals surface area contributed by atoms with Crippen LogP contribution in [-0.4, -0.2) is 13.1 Å². The number of methoxy groups -OCH3 is 1. The van der Waals surface area contributed by atoms with Gasteiger partial charge in [-0.25, -0.2) is 4.79 Å². The Bertz CT molecular complexity index is 679. The summed E-state index contributed by atoms with van der Waals surface area (Å²) in [6.07, 6.45) is 0. The predicted octanol–water partition coefficient (Wildman–Crippen LogP) is 4.99. The highest BCUT2D eigenvalue weighted by atomic mass is 79.9. The number of amides is 2. The highest BCUT2D eigenvalue weighted by molar-refractivity contribution is 9.10. The lowest BCUT2D eigenvalue weighted by Crippen LogP contribution is -2.31. The van der Waals surface area contributed by atoms with Crippen LogP contribution in [0.1, 0.15) is 18.5 Å². The van der Waals surface area contributed by atoms with Gasteiger partial charge in [0.15, 0.2) is 0 Å². The number of rotatable bonds is 4. The molecular formula is C16H16BrClN2O2. The largest absolute Gasteiger partial charge is 0.496 e. The Morgan fingerprint density at radius 3 is 2.68 bits per heavy atom. The van der Waals surface area contributed by atoms with Gasteiger partial charge in [0.25, 0.3) is 0 Å². The van der Waals surface area contributed by atoms with Crippen molar-refractivity contribution in [2.75, 3.05) is 12.4 Å². The van der Waals surface area contributed by atoms with E-state index in [1.54, 1.807) is 31.4 Å². The number of hydrogen-bond donors (Lipinski definition) is 2. The Hall–Kier alpha value is -1.72. The number of carbonyl (C=O) groups excluding carboxylic acids is 1. The third kappa shape index (κ3) is 4.39. The van der Waals surface area contributed by atoms with Crippen LogP contribution in [0.4, 0.5) is 10.5 Å². The van der Waals surface area contributed by atoms with Crippen molar-refractivity contribution in [3.8, 4) is 5.75 Å². The Kier molecular flexibility index (Phi) is 5.69. The SMILES string of the molecule is COc1ccc(NC(=O)NC(C)c2cccc(Cl)c2)cc1Br. The minimum atomic E-state index is -0.287. The monoisotopic (exact) mass is 382 g/mol. The number of anilines is 1. The highest BCUT2D eigenvalue weighted by Crippen LogP contribution is 2.27. The van der Waals surface area contributed by atoms with E-state index in [4.69, 9.17) is 16.3 Å². The molecule has 1 unspecified atom stereocenters. The molecule has 0 saturated heterocycles. The average Bonchev–Trinajstić information content (AvgIpc) is 2.47. The van der Waals surface area contributed by atoms with Gasteiger partial charge in [0.05, 0.1) is 17.6 Å². The van der Waals surface area contributed by atoms with Gasteiger partial charge in [-0.1, -0.05) is 23.7 Å². The molecule has 116 valence electrons. The second-order valence-electron chi connectivity index (χ2n) is 4.72. The molecule has 2 N–H and O–H groups in total. The third-order valence-corrected chi connectivity index (χ3v) is 3.96. The molecule has 0 heterocycles. The summed E-state index contributed by atoms with van der Waals surface area (Å²) in [6.45, 7) is 1.90. The minimum absolute atomic E-state index is 0.152. The lowest BCUT2D eigenvalue weighted by molar-refractivity contribution is 0.249. The van der Waals surface area contributed by atoms with E-state index >= 15 is 0 Å². The van der Waals surface area contributed by atoms with E-state index in [1.807, 2.05) is 25.1 Å². The van der Waals surface area contributed by atoms with Gasteiger partial charge in [-0.05, 0) is 58.7 Å². The molecule has 0 aromatic heterocycles. The van der Waals surface area contributed by atoms with E-state index in [1.165, 1.54) is 0 Å². The van der Waals surface area contributed by atoms with Crippen molar-refractivity contribution in [1.82, 2.24) is 5.32 Å². The molecule has 0 fully saturated rings. The fourth-order valence-corrected chi connectivity index (χ4v) is 2.71. The molecule has 6 heteroatoms. The molecule has 2 amide bonds. The maximum absolute atomic E-state index is 12.0. The van der Waals surface area contributed by atoms with Gasteiger partial charge in [-0.3, -0.25) is 0 Å². The van der Waals surface area contributed by atoms with Crippen molar-refractivity contribution < 1.29 is 9.53 Å². The van der Waals surface area contributed by atoms with Crippen LogP contribution in [0.5, 0.6) is 5.75 Å². The summed E-state index contributed by atoms with van der Waals surface area (Å²) in [5.41, 5.74) is 1.61. The zero-order valence-electron chi connectivity index (χ0n) is 12.2. The fraction of sp³-hybridized carbons (Fsp3) is 0.188. The topological polar surface area (TPSA) is 50.4 Å². The summed E-state index contributed by atoms with van der Waals surface area (Å²) < 4.78 is 5.92. The molecule has 0 spiro atoms. The molecule has 2 aromatic carbocycles. The van der Waals surface area contributed by atoms with E-state index in [2.05, 4.69) is 26.6 Å². The first-order valence-electron chi connectivity index (χ1n) is 6.66. The first-order chi connectivity index (χ1) is 10.5. The molecule has 1 atom stereocenters. The zero-order chi connectivity index (χ0) is 16.1. The molecule has 0 aliphatic heterocycles. The summed E-state index contributed by atoms with van der Waals surface area (Å²) in [4.78, 5) is 12.0. The van der Waals surface area contributed by atoms with Gasteiger partial charge in [-0.15, -0.1) is 0 Å². The van der Waals surface area contributed by atoms with Gasteiger partial charge < -0.3 is 15.4 Å². The fourth-order valence-electron chi connectivity index (χ4n) is 1.97. The lowest BCUT2D eigenvalue weighted by atomic mass is 10.1. The number of hydrogen-bond acceptors (Lipinski definition) is 2. The van der Waals surface area contributed by atoms with E-state index in [0.29, 0.717) is 16.5 Å². The van der Waals surface area contributed by atoms with E-state index < -0.39 is 0 Å². The van der Waals surface area contributed by atoms with Crippen LogP contribution in [0.25, 0.3) is 0 Å². The zero-order valence-corrected chi connectivity index (χ0v) is 14.5. The maximum atomic E-state index is 12.0. The number of halogens is 2. The van der Waals surface area contributed by atoms with E-state index in [-0.39, 0.29) is 12.1 Å². The average molecular weight is 384 g/mol. The summed E-state index contributed by atoms with van der Waals surface area (Å²) in [7, 11) is 1.59. The number of ether oxygens (including phenoxy) is 1. The van der Waals surface area contributed by atoms with Crippen LogP contribution in [0.2, 0.25) is 5.02 Å². The molecule has 0 aliphatic carbocycles. The summed E-state index contributed by atoms with van der Waals surface area (Å²) >= 11 is 9.34. The Labute approximate surface area is 142 Å². The molecule has 4 nitrogen and oxygen atoms in total. The molecule has 0 bridgehead atoms. The molecule has 0 aliphatic rings. The summed E-state index contributed by atoms with van der Waals surface area (Å²) in [6, 6.07) is 12.3. The summed E-state index contributed by atoms with van der Waals surface area (Å²) in [5.74, 6) is 0.707. The first kappa shape index (κ1) is 16.6. The quantitative estimate of drug-likeness (QED) is 0.781. The van der Waals surface area contributed by atoms with Gasteiger partial charge in [0.2, 0.25) is 0 Å². The number of nitrogens with one attached hydrogen (secondary N) is 2. The summed E-state index contributed by atoms with van der Waals surface area (Å²) in [5, 5.41) is 6.29. The van der Waals surface area contributed by atoms with Crippen LogP contribution in [0.15, 0.2) is 46.9 Å². The van der Waals surface area contributed by atoms with Crippen molar-refractivity contribution >= 4 is 39.2 Å². The van der Waals surface area contributed by atoms with E-state index in [0.717, 1.165) is 10.0 Å². The van der Waals surface area contributed by atoms with Crippen LogP contribution >= 0.6 is 27.5 Å². The normalized spacial score (nSPS) is 11.6. The van der Waals surface area contributed by atoms with Crippen molar-refractivity contribution in [2.24, 2.45) is 0 Å². The standard InChI is InChI=1S/C16H16BrClN2O2/c1-10(11-4-3-5-12(18)8-11)19-16(21)20-13-6-7-15(22-2)14(17)9-13/h3-10H,1-2H3,(H2,19,20,21). The van der Waals surface area contributed by atoms with Gasteiger partial charge in [-0.2, -0.15) is 0 Å². The van der Waals surface area contributed by atoms with Crippen LogP contribution in [-0.2, 0) is 0 Å². The molecule has 0 saturated carbocycles. The number of urea groups is 1. The smallest absolute Gasteiger partial charge is 0.319 e. The lowest BCUT2D eigenvalue weighted by Gasteiger charge is -2.15. The predicted molar refractivity (Wildman–Crippen MR) is 92.7 cm³/mol. The first-order valence-corrected chi connectivity index (χ1v) is 7.83. The second-order valence-corrected chi connectivity index (χ2v) is 6.02. The molecule has 2 rings (SSSR count). The molecule has 22 heavy (non-hydrogen) atoms. The minimum Gasteiger partial charge on any atom is -0.496 e.